The second kappa shape index (κ2) is 14.9. The third kappa shape index (κ3) is 9.12. The van der Waals surface area contributed by atoms with Crippen molar-refractivity contribution in [2.24, 2.45) is 23.7 Å². The molecule has 0 aliphatic carbocycles. The van der Waals surface area contributed by atoms with E-state index < -0.39 is 41.5 Å². The first-order valence-electron chi connectivity index (χ1n) is 14.0. The zero-order valence-corrected chi connectivity index (χ0v) is 27.7. The molecule has 0 bridgehead atoms. The average Bonchev–Trinajstić information content (AvgIpc) is 3.18. The van der Waals surface area contributed by atoms with Crippen molar-refractivity contribution in [1.29, 1.82) is 0 Å². The predicted octanol–water partition coefficient (Wildman–Crippen LogP) is 5.84. The Hall–Kier alpha value is -0.750. The van der Waals surface area contributed by atoms with Crippen molar-refractivity contribution in [3.8, 4) is 0 Å². The van der Waals surface area contributed by atoms with Gasteiger partial charge in [0.1, 0.15) is 5.78 Å². The summed E-state index contributed by atoms with van der Waals surface area (Å²) in [5.74, 6) is -1.49. The van der Waals surface area contributed by atoms with Gasteiger partial charge in [-0.15, -0.1) is 0 Å². The quantitative estimate of drug-likeness (QED) is 0.128. The molecule has 0 aromatic heterocycles. The fraction of sp³-hybridized carbons (Fsp3) is 0.889. The van der Waals surface area contributed by atoms with Gasteiger partial charge in [-0.1, -0.05) is 27.7 Å². The fourth-order valence-electron chi connectivity index (χ4n) is 5.98. The highest BCUT2D eigenvalue weighted by Crippen LogP contribution is 2.48. The number of carbonyl (C=O) groups excluding carboxylic acids is 3. The van der Waals surface area contributed by atoms with Gasteiger partial charge in [-0.2, -0.15) is 0 Å². The zero-order chi connectivity index (χ0) is 29.5. The fourth-order valence-corrected chi connectivity index (χ4v) is 8.45. The van der Waals surface area contributed by atoms with Gasteiger partial charge < -0.3 is 28.2 Å². The van der Waals surface area contributed by atoms with Crippen LogP contribution in [0, 0.1) is 23.7 Å². The summed E-state index contributed by atoms with van der Waals surface area (Å²) in [6.07, 6.45) is 0.847. The van der Waals surface area contributed by atoms with Gasteiger partial charge in [-0.3, -0.25) is 14.2 Å². The lowest BCUT2D eigenvalue weighted by atomic mass is 9.78. The van der Waals surface area contributed by atoms with Crippen LogP contribution in [-0.4, -0.2) is 77.6 Å². The van der Waals surface area contributed by atoms with E-state index in [1.165, 1.54) is 4.90 Å². The standard InChI is InChI=1S/C27H47INO9P/c1-9-35-39(33,36-10-2)13-11-12-29-21-20(6)22(30)19(5)16-27(7,34-8)15-17(3)14-18(4)25(31)38-24(28)23(21)37-26(29)32/h17-21,23-24H,9-16H2,1-8H3/t17-,18+,19+,20+,21+,23-,24-,27-/m0/s1. The molecule has 0 radical (unpaired) electrons. The number of Topliss-reactive ketones (excluding diaryl/α,β-unsaturated/α-hetero) is 1. The lowest BCUT2D eigenvalue weighted by Gasteiger charge is -2.36. The highest BCUT2D eigenvalue weighted by atomic mass is 127. The van der Waals surface area contributed by atoms with Crippen molar-refractivity contribution in [3.63, 3.8) is 0 Å². The number of ketones is 1. The third-order valence-electron chi connectivity index (χ3n) is 7.75. The monoisotopic (exact) mass is 687 g/mol. The van der Waals surface area contributed by atoms with Gasteiger partial charge in [-0.25, -0.2) is 4.79 Å². The largest absolute Gasteiger partial charge is 0.447 e. The molecule has 39 heavy (non-hydrogen) atoms. The zero-order valence-electron chi connectivity index (χ0n) is 24.6. The molecule has 1 amide bonds. The van der Waals surface area contributed by atoms with Crippen molar-refractivity contribution in [3.05, 3.63) is 0 Å². The number of halogens is 1. The van der Waals surface area contributed by atoms with Crippen molar-refractivity contribution >= 4 is 48.0 Å². The minimum absolute atomic E-state index is 0.0149. The summed E-state index contributed by atoms with van der Waals surface area (Å²) in [6, 6.07) is -0.660. The van der Waals surface area contributed by atoms with Crippen LogP contribution < -0.4 is 0 Å². The topological polar surface area (TPSA) is 118 Å². The van der Waals surface area contributed by atoms with Gasteiger partial charge in [0.15, 0.2) is 10.2 Å². The molecule has 0 spiro atoms. The van der Waals surface area contributed by atoms with Gasteiger partial charge in [0.2, 0.25) is 0 Å². The molecule has 2 rings (SSSR count). The summed E-state index contributed by atoms with van der Waals surface area (Å²) < 4.78 is 40.4. The molecular formula is C27H47INO9P. The second-order valence-corrected chi connectivity index (χ2v) is 14.7. The highest BCUT2D eigenvalue weighted by Gasteiger charge is 2.51. The maximum Gasteiger partial charge on any atom is 0.410 e. The Morgan fingerprint density at radius 2 is 1.64 bits per heavy atom. The molecule has 226 valence electrons. The van der Waals surface area contributed by atoms with Gasteiger partial charge >= 0.3 is 19.7 Å². The second-order valence-electron chi connectivity index (χ2n) is 11.2. The van der Waals surface area contributed by atoms with Gasteiger partial charge in [0, 0.05) is 25.5 Å². The van der Waals surface area contributed by atoms with E-state index in [0.29, 0.717) is 25.7 Å². The van der Waals surface area contributed by atoms with Crippen LogP contribution >= 0.6 is 30.2 Å². The Morgan fingerprint density at radius 3 is 2.21 bits per heavy atom. The van der Waals surface area contributed by atoms with Crippen molar-refractivity contribution in [1.82, 2.24) is 4.90 Å². The van der Waals surface area contributed by atoms with Crippen LogP contribution in [0.1, 0.15) is 74.1 Å². The Kier molecular flexibility index (Phi) is 13.2. The first-order valence-corrected chi connectivity index (χ1v) is 17.0. The normalized spacial score (nSPS) is 35.3. The number of esters is 1. The van der Waals surface area contributed by atoms with Gasteiger partial charge in [0.05, 0.1) is 36.9 Å². The number of rotatable bonds is 9. The molecule has 0 aromatic rings. The molecule has 2 aliphatic heterocycles. The molecule has 0 N–H and O–H groups in total. The summed E-state index contributed by atoms with van der Waals surface area (Å²) in [7, 11) is -1.65. The number of methoxy groups -OCH3 is 1. The Morgan fingerprint density at radius 1 is 1.03 bits per heavy atom. The van der Waals surface area contributed by atoms with Crippen molar-refractivity contribution < 1.29 is 42.2 Å². The van der Waals surface area contributed by atoms with Crippen LogP contribution in [0.15, 0.2) is 0 Å². The van der Waals surface area contributed by atoms with Crippen LogP contribution in [0.5, 0.6) is 0 Å². The molecule has 2 heterocycles. The van der Waals surface area contributed by atoms with Gasteiger partial charge in [-0.05, 0) is 75.0 Å². The lowest BCUT2D eigenvalue weighted by molar-refractivity contribution is -0.153. The van der Waals surface area contributed by atoms with E-state index in [0.717, 1.165) is 0 Å². The number of cyclic esters (lactones) is 1. The molecule has 2 aliphatic rings. The number of ether oxygens (including phenoxy) is 3. The smallest absolute Gasteiger partial charge is 0.410 e. The number of hydrogen-bond donors (Lipinski definition) is 0. The van der Waals surface area contributed by atoms with Crippen LogP contribution in [0.4, 0.5) is 4.79 Å². The molecular weight excluding hydrogens is 640 g/mol. The summed E-state index contributed by atoms with van der Waals surface area (Å²) in [6.45, 7) is 13.8. The number of amides is 1. The Labute approximate surface area is 247 Å². The van der Waals surface area contributed by atoms with Crippen molar-refractivity contribution in [2.45, 2.75) is 96.0 Å². The number of carbonyl (C=O) groups is 3. The number of alkyl halides is 1. The van der Waals surface area contributed by atoms with Crippen LogP contribution in [0.2, 0.25) is 0 Å². The average molecular weight is 688 g/mol. The van der Waals surface area contributed by atoms with E-state index in [1.807, 2.05) is 43.4 Å². The lowest BCUT2D eigenvalue weighted by Crippen LogP contribution is -2.49. The van der Waals surface area contributed by atoms with E-state index in [9.17, 15) is 18.9 Å². The number of nitrogens with zero attached hydrogens (tertiary/aromatic N) is 1. The van der Waals surface area contributed by atoms with Gasteiger partial charge in [0.25, 0.3) is 0 Å². The maximum atomic E-state index is 13.8. The Balaban J connectivity index is 2.37. The number of hydrogen-bond acceptors (Lipinski definition) is 9. The van der Waals surface area contributed by atoms with E-state index in [-0.39, 0.29) is 55.4 Å². The molecule has 2 saturated heterocycles. The summed E-state index contributed by atoms with van der Waals surface area (Å²) >= 11 is 1.98. The first-order chi connectivity index (χ1) is 18.2. The Bertz CT molecular complexity index is 894. The van der Waals surface area contributed by atoms with Crippen LogP contribution in [0.25, 0.3) is 0 Å². The molecule has 12 heteroatoms. The molecule has 2 fully saturated rings. The maximum absolute atomic E-state index is 13.8. The summed E-state index contributed by atoms with van der Waals surface area (Å²) in [4.78, 5) is 41.4. The molecule has 8 atom stereocenters. The molecule has 10 nitrogen and oxygen atoms in total. The highest BCUT2D eigenvalue weighted by molar-refractivity contribution is 14.1. The SMILES string of the molecule is CCOP(=O)(CCCN1C(=O)O[C@H]2[C@H]1[C@@H](C)C(=O)[C@H](C)C[C@@](C)(OC)C[C@@H](C)C[C@@H](C)C(=O)O[C@@H]2I)OCC. The van der Waals surface area contributed by atoms with Crippen LogP contribution in [-0.2, 0) is 37.4 Å². The minimum atomic E-state index is -3.30. The van der Waals surface area contributed by atoms with Crippen molar-refractivity contribution in [2.75, 3.05) is 33.0 Å². The van der Waals surface area contributed by atoms with E-state index in [1.54, 1.807) is 27.9 Å². The van der Waals surface area contributed by atoms with E-state index in [4.69, 9.17) is 23.3 Å². The summed E-state index contributed by atoms with van der Waals surface area (Å²) in [5.41, 5.74) is -0.547. The molecule has 0 saturated carbocycles. The van der Waals surface area contributed by atoms with E-state index >= 15 is 0 Å². The predicted molar refractivity (Wildman–Crippen MR) is 156 cm³/mol. The third-order valence-corrected chi connectivity index (χ3v) is 10.9. The first kappa shape index (κ1) is 34.5. The molecule has 0 unspecified atom stereocenters. The number of fused-ring (bicyclic) bond motifs is 1. The summed E-state index contributed by atoms with van der Waals surface area (Å²) in [5, 5.41) is 0. The minimum Gasteiger partial charge on any atom is -0.447 e. The van der Waals surface area contributed by atoms with E-state index in [2.05, 4.69) is 6.92 Å². The molecule has 0 aromatic carbocycles. The van der Waals surface area contributed by atoms with Crippen LogP contribution in [0.3, 0.4) is 0 Å².